The summed E-state index contributed by atoms with van der Waals surface area (Å²) in [6.07, 6.45) is -0.510. The van der Waals surface area contributed by atoms with Crippen molar-refractivity contribution in [2.24, 2.45) is 22.6 Å². The first-order valence-corrected chi connectivity index (χ1v) is 15.6. The van der Waals surface area contributed by atoms with Crippen LogP contribution in [0.2, 0.25) is 0 Å². The molecule has 0 aromatic heterocycles. The molecule has 3 aromatic carbocycles. The fourth-order valence-electron chi connectivity index (χ4n) is 4.95. The van der Waals surface area contributed by atoms with Crippen LogP contribution in [-0.2, 0) is 32.3 Å². The number of carboxylic acids is 1. The lowest BCUT2D eigenvalue weighted by molar-refractivity contribution is -0.763. The molecule has 0 aliphatic carbocycles. The summed E-state index contributed by atoms with van der Waals surface area (Å²) in [5.41, 5.74) is 9.38. The lowest BCUT2D eigenvalue weighted by Gasteiger charge is -2.32. The highest BCUT2D eigenvalue weighted by atomic mass is 16.9. The van der Waals surface area contributed by atoms with E-state index in [1.165, 1.54) is 24.0 Å². The molecule has 0 heterocycles. The molecule has 15 heteroatoms. The van der Waals surface area contributed by atoms with Crippen molar-refractivity contribution in [1.82, 2.24) is 10.0 Å². The molecular weight excluding hydrogens is 636 g/mol. The topological polar surface area (TPSA) is 213 Å². The number of unbranched alkanes of at least 4 members (excludes halogenated alkanes) is 1. The number of nitrogens with zero attached hydrogens (tertiary/aromatic N) is 4. The number of carbonyl (C=O) groups excluding carboxylic acids is 2. The van der Waals surface area contributed by atoms with Crippen LogP contribution < -0.4 is 16.3 Å². The number of rotatable bonds is 17. The van der Waals surface area contributed by atoms with Crippen LogP contribution in [-0.4, -0.2) is 56.3 Å². The van der Waals surface area contributed by atoms with E-state index in [1.54, 1.807) is 38.1 Å². The molecule has 2 atom stereocenters. The van der Waals surface area contributed by atoms with Gasteiger partial charge in [-0.25, -0.2) is 15.4 Å². The maximum Gasteiger partial charge on any atom is 0.515 e. The number of ether oxygens (including phenoxy) is 2. The van der Waals surface area contributed by atoms with Gasteiger partial charge in [-0.05, 0) is 42.0 Å². The standard InChI is InChI=1S/C34H42N6O9/c1-5-6-15-30(41)38(31(22(2)3)33(42)43)20-24-16-18-25(19-17-24)27-12-8-9-13-28(27)32(35)37-39(36)23(4)48-34(44)49-29-14-10-7-11-26(29)21-47-40(45)46/h7-14,16-19,22-23,31H,5-6,15,20-21,36H2,1-4H3,(H2,35,37)(H,42,43). The van der Waals surface area contributed by atoms with E-state index in [4.69, 9.17) is 21.1 Å². The third-order valence-corrected chi connectivity index (χ3v) is 7.46. The molecule has 0 saturated carbocycles. The molecule has 2 unspecified atom stereocenters. The minimum Gasteiger partial charge on any atom is -0.480 e. The number of hydrogen-bond acceptors (Lipinski definition) is 11. The van der Waals surface area contributed by atoms with E-state index in [2.05, 4.69) is 9.94 Å². The maximum absolute atomic E-state index is 13.1. The quantitative estimate of drug-likeness (QED) is 0.0250. The first-order valence-electron chi connectivity index (χ1n) is 15.6. The third-order valence-electron chi connectivity index (χ3n) is 7.46. The summed E-state index contributed by atoms with van der Waals surface area (Å²) in [6, 6.07) is 19.6. The van der Waals surface area contributed by atoms with Gasteiger partial charge in [0.1, 0.15) is 18.4 Å². The van der Waals surface area contributed by atoms with Crippen molar-refractivity contribution in [1.29, 1.82) is 0 Å². The Kier molecular flexibility index (Phi) is 13.9. The first-order chi connectivity index (χ1) is 23.3. The molecule has 3 rings (SSSR count). The van der Waals surface area contributed by atoms with E-state index in [1.807, 2.05) is 43.3 Å². The van der Waals surface area contributed by atoms with Crippen molar-refractivity contribution in [2.75, 3.05) is 0 Å². The third kappa shape index (κ3) is 10.9. The van der Waals surface area contributed by atoms with Crippen molar-refractivity contribution in [3.63, 3.8) is 0 Å². The van der Waals surface area contributed by atoms with E-state index in [9.17, 15) is 29.6 Å². The van der Waals surface area contributed by atoms with Crippen molar-refractivity contribution in [3.8, 4) is 16.9 Å². The molecule has 262 valence electrons. The molecule has 49 heavy (non-hydrogen) atoms. The predicted molar refractivity (Wildman–Crippen MR) is 180 cm³/mol. The number of hydrogen-bond donors (Lipinski definition) is 3. The molecular formula is C34H42N6O9. The van der Waals surface area contributed by atoms with Crippen LogP contribution in [0.25, 0.3) is 11.1 Å². The number of hydrazine groups is 1. The Balaban J connectivity index is 1.75. The second-order valence-electron chi connectivity index (χ2n) is 11.4. The van der Waals surface area contributed by atoms with Gasteiger partial charge in [-0.3, -0.25) is 4.79 Å². The number of aliphatic carboxylic acids is 1. The van der Waals surface area contributed by atoms with E-state index in [0.29, 0.717) is 17.5 Å². The fourth-order valence-corrected chi connectivity index (χ4v) is 4.95. The molecule has 0 bridgehead atoms. The molecule has 3 aromatic rings. The Morgan fingerprint density at radius 2 is 1.65 bits per heavy atom. The van der Waals surface area contributed by atoms with Gasteiger partial charge in [0.15, 0.2) is 5.84 Å². The van der Waals surface area contributed by atoms with E-state index < -0.39 is 36.1 Å². The average Bonchev–Trinajstić information content (AvgIpc) is 3.06. The number of benzene rings is 3. The number of para-hydroxylation sites is 1. The second-order valence-corrected chi connectivity index (χ2v) is 11.4. The Morgan fingerprint density at radius 3 is 2.29 bits per heavy atom. The number of nitrogens with two attached hydrogens (primary N) is 2. The highest BCUT2D eigenvalue weighted by Gasteiger charge is 2.32. The summed E-state index contributed by atoms with van der Waals surface area (Å²) in [7, 11) is 0. The Morgan fingerprint density at radius 1 is 1.00 bits per heavy atom. The van der Waals surface area contributed by atoms with E-state index in [0.717, 1.165) is 22.7 Å². The van der Waals surface area contributed by atoms with Crippen LogP contribution >= 0.6 is 0 Å². The van der Waals surface area contributed by atoms with Gasteiger partial charge in [-0.2, -0.15) is 5.12 Å². The smallest absolute Gasteiger partial charge is 0.480 e. The lowest BCUT2D eigenvalue weighted by Crippen LogP contribution is -2.47. The summed E-state index contributed by atoms with van der Waals surface area (Å²) < 4.78 is 10.4. The van der Waals surface area contributed by atoms with Gasteiger partial charge in [0.2, 0.25) is 12.1 Å². The van der Waals surface area contributed by atoms with Gasteiger partial charge in [0.25, 0.3) is 5.09 Å². The largest absolute Gasteiger partial charge is 0.515 e. The van der Waals surface area contributed by atoms with E-state index in [-0.39, 0.29) is 41.9 Å². The molecule has 0 spiro atoms. The molecule has 0 aliphatic heterocycles. The van der Waals surface area contributed by atoms with Crippen molar-refractivity contribution in [3.05, 3.63) is 99.6 Å². The number of amidine groups is 1. The van der Waals surface area contributed by atoms with Crippen molar-refractivity contribution in [2.45, 2.75) is 72.4 Å². The van der Waals surface area contributed by atoms with Crippen LogP contribution in [0.15, 0.2) is 77.9 Å². The summed E-state index contributed by atoms with van der Waals surface area (Å²) in [6.45, 7) is 6.69. The molecule has 0 aliphatic rings. The monoisotopic (exact) mass is 678 g/mol. The molecule has 0 fully saturated rings. The summed E-state index contributed by atoms with van der Waals surface area (Å²) in [5, 5.41) is 24.5. The summed E-state index contributed by atoms with van der Waals surface area (Å²) in [5.74, 6) is 4.54. The van der Waals surface area contributed by atoms with Gasteiger partial charge < -0.3 is 30.1 Å². The first kappa shape index (κ1) is 37.8. The van der Waals surface area contributed by atoms with Crippen molar-refractivity contribution >= 4 is 23.9 Å². The number of carboxylic acid groups (broad SMARTS) is 1. The molecule has 1 amide bonds. The highest BCUT2D eigenvalue weighted by molar-refractivity contribution is 6.03. The normalized spacial score (nSPS) is 12.5. The maximum atomic E-state index is 13.1. The summed E-state index contributed by atoms with van der Waals surface area (Å²) >= 11 is 0. The molecule has 0 radical (unpaired) electrons. The zero-order valence-corrected chi connectivity index (χ0v) is 27.9. The van der Waals surface area contributed by atoms with Gasteiger partial charge in [0.05, 0.1) is 0 Å². The highest BCUT2D eigenvalue weighted by Crippen LogP contribution is 2.26. The van der Waals surface area contributed by atoms with Gasteiger partial charge >= 0.3 is 12.1 Å². The predicted octanol–water partition coefficient (Wildman–Crippen LogP) is 5.05. The van der Waals surface area contributed by atoms with Crippen molar-refractivity contribution < 1.29 is 38.9 Å². The average molecular weight is 679 g/mol. The number of hydrazone groups is 1. The molecule has 0 saturated heterocycles. The van der Waals surface area contributed by atoms with Crippen LogP contribution in [0.4, 0.5) is 4.79 Å². The zero-order valence-electron chi connectivity index (χ0n) is 27.9. The Labute approximate surface area is 284 Å². The minimum absolute atomic E-state index is 0.00510. The molecule has 5 N–H and O–H groups in total. The van der Waals surface area contributed by atoms with Gasteiger partial charge in [0, 0.05) is 24.1 Å². The SMILES string of the molecule is CCCCC(=O)N(Cc1ccc(-c2ccccc2/C(N)=N/N(N)C(C)OC(=O)Oc2ccccc2CO[N+](=O)[O-])cc1)C(C(=O)O)C(C)C. The zero-order chi connectivity index (χ0) is 36.1. The number of carbonyl (C=O) groups is 3. The van der Waals surface area contributed by atoms with Crippen LogP contribution in [0.1, 0.15) is 63.6 Å². The van der Waals surface area contributed by atoms with Gasteiger partial charge in [-0.15, -0.1) is 15.2 Å². The lowest BCUT2D eigenvalue weighted by atomic mass is 9.97. The van der Waals surface area contributed by atoms with Gasteiger partial charge in [-0.1, -0.05) is 93.9 Å². The van der Waals surface area contributed by atoms with Crippen LogP contribution in [0.5, 0.6) is 5.75 Å². The van der Waals surface area contributed by atoms with E-state index >= 15 is 0 Å². The summed E-state index contributed by atoms with van der Waals surface area (Å²) in [4.78, 5) is 54.0. The Bertz CT molecular complexity index is 1630. The Hall–Kier alpha value is -5.70. The van der Waals surface area contributed by atoms with Crippen LogP contribution in [0.3, 0.4) is 0 Å². The minimum atomic E-state index is -1.14. The number of amides is 1. The second kappa shape index (κ2) is 18.0. The molecule has 15 nitrogen and oxygen atoms in total. The van der Waals surface area contributed by atoms with Crippen LogP contribution in [0, 0.1) is 16.0 Å². The fraction of sp³-hybridized carbons (Fsp3) is 0.353.